The van der Waals surface area contributed by atoms with Crippen LogP contribution in [-0.4, -0.2) is 32.9 Å². The minimum absolute atomic E-state index is 0.306. The summed E-state index contributed by atoms with van der Waals surface area (Å²) in [6.45, 7) is 8.68. The van der Waals surface area contributed by atoms with Gasteiger partial charge >= 0.3 is 0 Å². The molecule has 0 saturated heterocycles. The van der Waals surface area contributed by atoms with Gasteiger partial charge in [-0.15, -0.1) is 6.58 Å². The van der Waals surface area contributed by atoms with Gasteiger partial charge in [0.2, 0.25) is 10.0 Å². The molecule has 0 heterocycles. The predicted molar refractivity (Wildman–Crippen MR) is 86.3 cm³/mol. The molecule has 0 atom stereocenters. The molecule has 0 aliphatic heterocycles. The molecule has 0 spiro atoms. The van der Waals surface area contributed by atoms with Crippen LogP contribution in [0.1, 0.15) is 18.1 Å². The van der Waals surface area contributed by atoms with Crippen molar-refractivity contribution in [3.05, 3.63) is 40.4 Å². The number of nitrogens with zero attached hydrogens (tertiary/aromatic N) is 1. The molecule has 1 N–H and O–H groups in total. The molecule has 1 aromatic carbocycles. The molecule has 0 amide bonds. The maximum absolute atomic E-state index is 12.7. The van der Waals surface area contributed by atoms with Gasteiger partial charge in [0.1, 0.15) is 0 Å². The first-order chi connectivity index (χ1) is 9.38. The Kier molecular flexibility index (Phi) is 6.39. The van der Waals surface area contributed by atoms with E-state index >= 15 is 0 Å². The van der Waals surface area contributed by atoms with E-state index in [1.54, 1.807) is 12.1 Å². The van der Waals surface area contributed by atoms with E-state index in [0.29, 0.717) is 29.0 Å². The largest absolute Gasteiger partial charge is 0.316 e. The Balaban J connectivity index is 3.39. The monoisotopic (exact) mass is 360 g/mol. The van der Waals surface area contributed by atoms with Crippen molar-refractivity contribution in [2.24, 2.45) is 0 Å². The van der Waals surface area contributed by atoms with Gasteiger partial charge in [-0.05, 0) is 47.1 Å². The van der Waals surface area contributed by atoms with Gasteiger partial charge in [0, 0.05) is 24.1 Å². The fraction of sp³-hybridized carbons (Fsp3) is 0.429. The first-order valence-corrected chi connectivity index (χ1v) is 8.66. The molecular formula is C14H21BrN2O2S. The average molecular weight is 361 g/mol. The quantitative estimate of drug-likeness (QED) is 0.760. The molecule has 0 fully saturated rings. The lowest BCUT2D eigenvalue weighted by Crippen LogP contribution is -2.31. The van der Waals surface area contributed by atoms with Gasteiger partial charge in [-0.3, -0.25) is 0 Å². The molecule has 0 unspecified atom stereocenters. The molecule has 6 heteroatoms. The van der Waals surface area contributed by atoms with E-state index in [1.807, 2.05) is 27.0 Å². The number of benzene rings is 1. The Bertz CT molecular complexity index is 585. The highest BCUT2D eigenvalue weighted by Gasteiger charge is 2.25. The van der Waals surface area contributed by atoms with Crippen molar-refractivity contribution < 1.29 is 8.42 Å². The average Bonchev–Trinajstić information content (AvgIpc) is 2.39. The summed E-state index contributed by atoms with van der Waals surface area (Å²) in [6, 6.07) is 3.69. The van der Waals surface area contributed by atoms with Crippen LogP contribution in [0.15, 0.2) is 34.2 Å². The molecular weight excluding hydrogens is 340 g/mol. The van der Waals surface area contributed by atoms with Crippen LogP contribution in [0.5, 0.6) is 0 Å². The van der Waals surface area contributed by atoms with Crippen LogP contribution in [0, 0.1) is 6.92 Å². The lowest BCUT2D eigenvalue weighted by molar-refractivity contribution is 0.459. The van der Waals surface area contributed by atoms with E-state index in [0.717, 1.165) is 11.1 Å². The topological polar surface area (TPSA) is 49.4 Å². The van der Waals surface area contributed by atoms with Crippen molar-refractivity contribution in [2.75, 3.05) is 20.1 Å². The molecule has 20 heavy (non-hydrogen) atoms. The molecule has 0 aromatic heterocycles. The summed E-state index contributed by atoms with van der Waals surface area (Å²) in [6.07, 6.45) is 1.60. The Hall–Kier alpha value is -0.690. The summed E-state index contributed by atoms with van der Waals surface area (Å²) in [7, 11) is -1.68. The molecule has 1 rings (SSSR count). The normalized spacial score (nSPS) is 11.8. The second-order valence-electron chi connectivity index (χ2n) is 4.50. The van der Waals surface area contributed by atoms with Crippen molar-refractivity contribution in [1.29, 1.82) is 0 Å². The summed E-state index contributed by atoms with van der Waals surface area (Å²) < 4.78 is 27.5. The van der Waals surface area contributed by atoms with Crippen molar-refractivity contribution in [3.8, 4) is 0 Å². The van der Waals surface area contributed by atoms with Gasteiger partial charge in [-0.2, -0.15) is 4.31 Å². The number of hydrogen-bond acceptors (Lipinski definition) is 3. The number of hydrogen-bond donors (Lipinski definition) is 1. The minimum atomic E-state index is -3.52. The fourth-order valence-electron chi connectivity index (χ4n) is 1.98. The standard InChI is InChI=1S/C14H21BrN2O2S/c1-5-7-17(6-2)20(18,19)13-9-12(10-16-4)8-11(3)14(13)15/h5,8-9,16H,1,6-7,10H2,2-4H3. The summed E-state index contributed by atoms with van der Waals surface area (Å²) in [4.78, 5) is 0.312. The number of aryl methyl sites for hydroxylation is 1. The highest BCUT2D eigenvalue weighted by atomic mass is 79.9. The van der Waals surface area contributed by atoms with Gasteiger partial charge in [-0.1, -0.05) is 19.1 Å². The van der Waals surface area contributed by atoms with Crippen molar-refractivity contribution in [1.82, 2.24) is 9.62 Å². The Morgan fingerprint density at radius 3 is 2.60 bits per heavy atom. The van der Waals surface area contributed by atoms with Gasteiger partial charge in [0.25, 0.3) is 0 Å². The third-order valence-electron chi connectivity index (χ3n) is 2.97. The lowest BCUT2D eigenvalue weighted by atomic mass is 10.1. The molecule has 0 radical (unpaired) electrons. The number of likely N-dealkylation sites (N-methyl/N-ethyl adjacent to an activating group) is 1. The SMILES string of the molecule is C=CCN(CC)S(=O)(=O)c1cc(CNC)cc(C)c1Br. The molecule has 112 valence electrons. The van der Waals surface area contributed by atoms with Crippen LogP contribution in [0.2, 0.25) is 0 Å². The minimum Gasteiger partial charge on any atom is -0.316 e. The van der Waals surface area contributed by atoms with Crippen molar-refractivity contribution in [2.45, 2.75) is 25.3 Å². The molecule has 0 aliphatic carbocycles. The van der Waals surface area contributed by atoms with Crippen LogP contribution in [-0.2, 0) is 16.6 Å². The first-order valence-electron chi connectivity index (χ1n) is 6.43. The highest BCUT2D eigenvalue weighted by molar-refractivity contribution is 9.10. The third kappa shape index (κ3) is 3.69. The summed E-state index contributed by atoms with van der Waals surface area (Å²) in [5.41, 5.74) is 1.85. The molecule has 1 aromatic rings. The second-order valence-corrected chi connectivity index (χ2v) is 7.20. The van der Waals surface area contributed by atoms with Crippen molar-refractivity contribution in [3.63, 3.8) is 0 Å². The van der Waals surface area contributed by atoms with Crippen molar-refractivity contribution >= 4 is 26.0 Å². The van der Waals surface area contributed by atoms with Crippen LogP contribution in [0.25, 0.3) is 0 Å². The number of nitrogens with one attached hydrogen (secondary N) is 1. The van der Waals surface area contributed by atoms with E-state index in [-0.39, 0.29) is 0 Å². The number of sulfonamides is 1. The molecule has 0 bridgehead atoms. The zero-order valence-electron chi connectivity index (χ0n) is 12.1. The zero-order chi connectivity index (χ0) is 15.3. The van der Waals surface area contributed by atoms with Crippen LogP contribution >= 0.6 is 15.9 Å². The Morgan fingerprint density at radius 2 is 2.10 bits per heavy atom. The molecule has 4 nitrogen and oxygen atoms in total. The summed E-state index contributed by atoms with van der Waals surface area (Å²) in [5, 5.41) is 3.04. The third-order valence-corrected chi connectivity index (χ3v) is 6.25. The summed E-state index contributed by atoms with van der Waals surface area (Å²) in [5.74, 6) is 0. The zero-order valence-corrected chi connectivity index (χ0v) is 14.5. The molecule has 0 aliphatic rings. The van der Waals surface area contributed by atoms with E-state index in [2.05, 4.69) is 27.8 Å². The number of rotatable bonds is 7. The Morgan fingerprint density at radius 1 is 1.45 bits per heavy atom. The fourth-order valence-corrected chi connectivity index (χ4v) is 4.43. The lowest BCUT2D eigenvalue weighted by Gasteiger charge is -2.21. The van der Waals surface area contributed by atoms with Gasteiger partial charge < -0.3 is 5.32 Å². The number of halogens is 1. The van der Waals surface area contributed by atoms with Crippen LogP contribution in [0.4, 0.5) is 0 Å². The van der Waals surface area contributed by atoms with Gasteiger partial charge in [-0.25, -0.2) is 8.42 Å². The van der Waals surface area contributed by atoms with Gasteiger partial charge in [0.15, 0.2) is 0 Å². The summed E-state index contributed by atoms with van der Waals surface area (Å²) >= 11 is 3.40. The first kappa shape index (κ1) is 17.4. The van der Waals surface area contributed by atoms with Crippen LogP contribution < -0.4 is 5.32 Å². The van der Waals surface area contributed by atoms with Gasteiger partial charge in [0.05, 0.1) is 4.90 Å². The van der Waals surface area contributed by atoms with E-state index in [9.17, 15) is 8.42 Å². The Labute approximate surface area is 130 Å². The maximum Gasteiger partial charge on any atom is 0.244 e. The highest BCUT2D eigenvalue weighted by Crippen LogP contribution is 2.29. The second kappa shape index (κ2) is 7.36. The van der Waals surface area contributed by atoms with Crippen LogP contribution in [0.3, 0.4) is 0 Å². The molecule has 0 saturated carbocycles. The van der Waals surface area contributed by atoms with E-state index < -0.39 is 10.0 Å². The van der Waals surface area contributed by atoms with E-state index in [1.165, 1.54) is 4.31 Å². The smallest absolute Gasteiger partial charge is 0.244 e. The predicted octanol–water partition coefficient (Wildman–Crippen LogP) is 2.67. The van der Waals surface area contributed by atoms with E-state index in [4.69, 9.17) is 0 Å². The maximum atomic E-state index is 12.7.